The first kappa shape index (κ1) is 16.0. The summed E-state index contributed by atoms with van der Waals surface area (Å²) < 4.78 is 6.23. The van der Waals surface area contributed by atoms with E-state index in [-0.39, 0.29) is 23.1 Å². The Balaban J connectivity index is 1.33. The van der Waals surface area contributed by atoms with E-state index in [9.17, 15) is 9.90 Å². The summed E-state index contributed by atoms with van der Waals surface area (Å²) in [6.07, 6.45) is 11.0. The highest BCUT2D eigenvalue weighted by atomic mass is 16.6. The van der Waals surface area contributed by atoms with E-state index in [1.54, 1.807) is 5.57 Å². The predicted molar refractivity (Wildman–Crippen MR) is 100 cm³/mol. The van der Waals surface area contributed by atoms with Gasteiger partial charge in [-0.1, -0.05) is 25.5 Å². The molecule has 1 heterocycles. The second-order valence-electron chi connectivity index (χ2n) is 11.7. The predicted octanol–water partition coefficient (Wildman–Crippen LogP) is 4.10. The monoisotopic (exact) mass is 368 g/mol. The molecular formula is C24H32O3. The topological polar surface area (TPSA) is 46.5 Å². The molecular weight excluding hydrogens is 336 g/mol. The molecule has 1 aliphatic heterocycles. The number of aliphatic hydroxyl groups is 1. The number of hydrogen-bond donors (Lipinski definition) is 1. The van der Waals surface area contributed by atoms with Crippen LogP contribution >= 0.6 is 0 Å². The highest BCUT2D eigenvalue weighted by Crippen LogP contribution is 2.82. The van der Waals surface area contributed by atoms with Crippen LogP contribution < -0.4 is 0 Å². The molecule has 1 saturated heterocycles. The molecule has 27 heavy (non-hydrogen) atoms. The van der Waals surface area contributed by atoms with Crippen molar-refractivity contribution in [1.29, 1.82) is 0 Å². The summed E-state index contributed by atoms with van der Waals surface area (Å²) in [6, 6.07) is 0. The van der Waals surface area contributed by atoms with Gasteiger partial charge in [-0.15, -0.1) is 0 Å². The number of rotatable bonds is 0. The summed E-state index contributed by atoms with van der Waals surface area (Å²) >= 11 is 0. The fourth-order valence-corrected chi connectivity index (χ4v) is 9.89. The zero-order valence-corrected chi connectivity index (χ0v) is 16.6. The third-order valence-electron chi connectivity index (χ3n) is 11.0. The van der Waals surface area contributed by atoms with Crippen molar-refractivity contribution in [1.82, 2.24) is 0 Å². The summed E-state index contributed by atoms with van der Waals surface area (Å²) in [4.78, 5) is 12.2. The van der Waals surface area contributed by atoms with Crippen molar-refractivity contribution < 1.29 is 14.6 Å². The highest BCUT2D eigenvalue weighted by molar-refractivity contribution is 5.73. The van der Waals surface area contributed by atoms with Gasteiger partial charge < -0.3 is 9.84 Å². The van der Waals surface area contributed by atoms with E-state index in [1.165, 1.54) is 32.1 Å². The van der Waals surface area contributed by atoms with Crippen LogP contribution in [0.1, 0.15) is 65.2 Å². The minimum Gasteiger partial charge on any atom is -0.458 e. The van der Waals surface area contributed by atoms with Gasteiger partial charge in [0.1, 0.15) is 5.60 Å². The van der Waals surface area contributed by atoms with Crippen LogP contribution in [0.3, 0.4) is 0 Å². The van der Waals surface area contributed by atoms with Gasteiger partial charge in [0.15, 0.2) is 0 Å². The molecule has 1 spiro atoms. The molecule has 1 N–H and O–H groups in total. The zero-order chi connectivity index (χ0) is 18.3. The fraction of sp³-hybridized carbons (Fsp3) is 0.875. The van der Waals surface area contributed by atoms with Crippen LogP contribution in [0, 0.1) is 52.3 Å². The van der Waals surface area contributed by atoms with Crippen LogP contribution in [-0.4, -0.2) is 22.8 Å². The van der Waals surface area contributed by atoms with E-state index in [0.29, 0.717) is 17.8 Å². The lowest BCUT2D eigenvalue weighted by molar-refractivity contribution is -0.177. The normalized spacial score (nSPS) is 64.7. The Bertz CT molecular complexity index is 786. The van der Waals surface area contributed by atoms with Crippen LogP contribution in [0.15, 0.2) is 11.6 Å². The average Bonchev–Trinajstić information content (AvgIpc) is 3.53. The van der Waals surface area contributed by atoms with E-state index < -0.39 is 0 Å². The minimum absolute atomic E-state index is 0.0658. The van der Waals surface area contributed by atoms with Crippen molar-refractivity contribution in [2.75, 3.05) is 0 Å². The lowest BCUT2D eigenvalue weighted by atomic mass is 9.45. The smallest absolute Gasteiger partial charge is 0.306 e. The van der Waals surface area contributed by atoms with E-state index in [0.717, 1.165) is 48.3 Å². The molecule has 0 radical (unpaired) electrons. The number of carbonyl (C=O) groups excluding carboxylic acids is 1. The van der Waals surface area contributed by atoms with Gasteiger partial charge >= 0.3 is 5.97 Å². The number of allylic oxidation sites excluding steroid dienone is 1. The van der Waals surface area contributed by atoms with Crippen molar-refractivity contribution in [2.45, 2.75) is 76.9 Å². The molecule has 0 bridgehead atoms. The van der Waals surface area contributed by atoms with E-state index in [4.69, 9.17) is 4.74 Å². The molecule has 146 valence electrons. The molecule has 11 atom stereocenters. The zero-order valence-electron chi connectivity index (χ0n) is 16.6. The van der Waals surface area contributed by atoms with Gasteiger partial charge in [-0.05, 0) is 85.9 Å². The Morgan fingerprint density at radius 1 is 1.07 bits per heavy atom. The van der Waals surface area contributed by atoms with Gasteiger partial charge in [-0.3, -0.25) is 4.79 Å². The van der Waals surface area contributed by atoms with Crippen molar-refractivity contribution in [3.05, 3.63) is 11.6 Å². The molecule has 0 aromatic rings. The van der Waals surface area contributed by atoms with Crippen molar-refractivity contribution in [3.63, 3.8) is 0 Å². The van der Waals surface area contributed by atoms with Gasteiger partial charge in [0.25, 0.3) is 0 Å². The van der Waals surface area contributed by atoms with Crippen LogP contribution in [0.4, 0.5) is 0 Å². The lowest BCUT2D eigenvalue weighted by Crippen LogP contribution is -2.57. The first-order valence-corrected chi connectivity index (χ1v) is 11.5. The maximum Gasteiger partial charge on any atom is 0.306 e. The van der Waals surface area contributed by atoms with Crippen molar-refractivity contribution in [3.8, 4) is 0 Å². The largest absolute Gasteiger partial charge is 0.458 e. The van der Waals surface area contributed by atoms with Gasteiger partial charge in [-0.2, -0.15) is 0 Å². The van der Waals surface area contributed by atoms with Crippen LogP contribution in [0.2, 0.25) is 0 Å². The molecule has 6 aliphatic carbocycles. The summed E-state index contributed by atoms with van der Waals surface area (Å²) in [7, 11) is 0. The number of carbonyl (C=O) groups is 1. The lowest BCUT2D eigenvalue weighted by Gasteiger charge is -2.60. The molecule has 6 fully saturated rings. The Labute approximate surface area is 161 Å². The summed E-state index contributed by atoms with van der Waals surface area (Å²) in [6.45, 7) is 5.04. The third-order valence-corrected chi connectivity index (χ3v) is 11.0. The van der Waals surface area contributed by atoms with Crippen LogP contribution in [-0.2, 0) is 9.53 Å². The number of aliphatic hydroxyl groups excluding tert-OH is 1. The Morgan fingerprint density at radius 2 is 1.93 bits per heavy atom. The van der Waals surface area contributed by atoms with E-state index in [1.807, 2.05) is 0 Å². The van der Waals surface area contributed by atoms with E-state index in [2.05, 4.69) is 19.9 Å². The standard InChI is InChI=1S/C24H32O3/c1-22-6-3-12(25)9-17(22)13-10-14(13)20-16(22)4-7-23(2)21(20)15-11-18(15)24(23)8-5-19(26)27-24/h9,12-16,18,20-21,25H,3-8,10-11H2,1-2H3/t12?,13-,14+,15-,16?,18+,20?,21?,22-,23+,24+/m1/s1. The number of ether oxygens (including phenoxy) is 1. The first-order valence-electron chi connectivity index (χ1n) is 11.5. The van der Waals surface area contributed by atoms with Gasteiger partial charge in [0.05, 0.1) is 6.10 Å². The quantitative estimate of drug-likeness (QED) is 0.517. The Hall–Kier alpha value is -0.830. The Kier molecular flexibility index (Phi) is 2.67. The summed E-state index contributed by atoms with van der Waals surface area (Å²) in [5.41, 5.74) is 2.04. The van der Waals surface area contributed by atoms with E-state index >= 15 is 0 Å². The molecule has 7 rings (SSSR count). The first-order chi connectivity index (χ1) is 12.9. The van der Waals surface area contributed by atoms with Gasteiger partial charge in [0, 0.05) is 17.8 Å². The summed E-state index contributed by atoms with van der Waals surface area (Å²) in [5.74, 6) is 5.52. The third kappa shape index (κ3) is 1.63. The molecule has 3 heteroatoms. The second kappa shape index (κ2) is 4.50. The van der Waals surface area contributed by atoms with Crippen molar-refractivity contribution in [2.24, 2.45) is 52.3 Å². The molecule has 7 aliphatic rings. The fourth-order valence-electron chi connectivity index (χ4n) is 9.89. The van der Waals surface area contributed by atoms with Gasteiger partial charge in [0.2, 0.25) is 0 Å². The number of esters is 1. The second-order valence-corrected chi connectivity index (χ2v) is 11.7. The maximum atomic E-state index is 12.2. The molecule has 5 saturated carbocycles. The van der Waals surface area contributed by atoms with Crippen LogP contribution in [0.5, 0.6) is 0 Å². The SMILES string of the molecule is C[C@]12CCC(O)C=C1[C@@H]1C[C@@H]1C1C2CC[C@@]2(C)C1[C@@H]1C[C@@H]1[C@@]21CCC(=O)O1. The van der Waals surface area contributed by atoms with Crippen LogP contribution in [0.25, 0.3) is 0 Å². The molecule has 4 unspecified atom stereocenters. The van der Waals surface area contributed by atoms with Crippen molar-refractivity contribution >= 4 is 5.97 Å². The molecule has 3 nitrogen and oxygen atoms in total. The maximum absolute atomic E-state index is 12.2. The number of hydrogen-bond acceptors (Lipinski definition) is 3. The van der Waals surface area contributed by atoms with Gasteiger partial charge in [-0.25, -0.2) is 0 Å². The summed E-state index contributed by atoms with van der Waals surface area (Å²) in [5, 5.41) is 10.3. The Morgan fingerprint density at radius 3 is 2.70 bits per heavy atom. The molecule has 0 aromatic heterocycles. The molecule has 0 amide bonds. The average molecular weight is 369 g/mol. The number of fused-ring (bicyclic) bond motifs is 12. The molecule has 0 aromatic carbocycles. The minimum atomic E-state index is -0.208. The highest BCUT2D eigenvalue weighted by Gasteiger charge is 2.81.